The number of nitrogens with one attached hydrogen (secondary N) is 1. The third-order valence-electron chi connectivity index (χ3n) is 6.88. The summed E-state index contributed by atoms with van der Waals surface area (Å²) in [5.41, 5.74) is 0.227. The van der Waals surface area contributed by atoms with E-state index in [1.54, 1.807) is 6.26 Å². The quantitative estimate of drug-likeness (QED) is 0.858. The lowest BCUT2D eigenvalue weighted by Crippen LogP contribution is -2.45. The Hall–Kier alpha value is -1.78. The predicted octanol–water partition coefficient (Wildman–Crippen LogP) is 3.68. The van der Waals surface area contributed by atoms with E-state index in [0.717, 1.165) is 31.6 Å². The van der Waals surface area contributed by atoms with Crippen LogP contribution < -0.4 is 5.32 Å². The molecular weight excluding hydrogens is 340 g/mol. The molecule has 1 N–H and O–H groups in total. The van der Waals surface area contributed by atoms with Gasteiger partial charge in [-0.3, -0.25) is 9.59 Å². The maximum atomic E-state index is 13.1. The first kappa shape index (κ1) is 18.6. The Morgan fingerprint density at radius 3 is 2.81 bits per heavy atom. The van der Waals surface area contributed by atoms with E-state index in [4.69, 9.17) is 4.42 Å². The molecule has 1 saturated carbocycles. The van der Waals surface area contributed by atoms with E-state index in [9.17, 15) is 9.59 Å². The minimum atomic E-state index is -0.345. The molecule has 2 saturated heterocycles. The summed E-state index contributed by atoms with van der Waals surface area (Å²) >= 11 is 0. The molecule has 0 spiro atoms. The maximum Gasteiger partial charge on any atom is 0.222 e. The Labute approximate surface area is 161 Å². The fourth-order valence-corrected chi connectivity index (χ4v) is 6.17. The second-order valence-electron chi connectivity index (χ2n) is 10.3. The van der Waals surface area contributed by atoms with Crippen LogP contribution in [0.25, 0.3) is 0 Å². The van der Waals surface area contributed by atoms with Gasteiger partial charge in [0.05, 0.1) is 6.26 Å². The zero-order valence-corrected chi connectivity index (χ0v) is 16.8. The third-order valence-corrected chi connectivity index (χ3v) is 6.88. The van der Waals surface area contributed by atoms with Crippen LogP contribution >= 0.6 is 0 Å². The number of rotatable bonds is 5. The highest BCUT2D eigenvalue weighted by molar-refractivity contribution is 5.80. The predicted molar refractivity (Wildman–Crippen MR) is 103 cm³/mol. The molecule has 4 rings (SSSR count). The van der Waals surface area contributed by atoms with Crippen LogP contribution in [-0.4, -0.2) is 34.8 Å². The molecule has 148 valence electrons. The van der Waals surface area contributed by atoms with Crippen LogP contribution in [0, 0.1) is 10.8 Å². The van der Waals surface area contributed by atoms with Gasteiger partial charge in [0.2, 0.25) is 11.8 Å². The van der Waals surface area contributed by atoms with Gasteiger partial charge in [-0.25, -0.2) is 0 Å². The number of amides is 2. The van der Waals surface area contributed by atoms with Gasteiger partial charge in [-0.2, -0.15) is 0 Å². The van der Waals surface area contributed by atoms with Crippen LogP contribution in [0.2, 0.25) is 0 Å². The second-order valence-corrected chi connectivity index (χ2v) is 10.3. The molecule has 1 aromatic rings. The summed E-state index contributed by atoms with van der Waals surface area (Å²) < 4.78 is 5.51. The van der Waals surface area contributed by atoms with Crippen molar-refractivity contribution < 1.29 is 14.0 Å². The molecule has 0 unspecified atom stereocenters. The summed E-state index contributed by atoms with van der Waals surface area (Å²) in [4.78, 5) is 27.2. The van der Waals surface area contributed by atoms with Gasteiger partial charge in [0, 0.05) is 37.4 Å². The largest absolute Gasteiger partial charge is 0.469 e. The Bertz CT molecular complexity index is 726. The molecule has 3 heterocycles. The van der Waals surface area contributed by atoms with Crippen LogP contribution in [-0.2, 0) is 16.0 Å². The number of fused-ring (bicyclic) bond motifs is 2. The lowest BCUT2D eigenvalue weighted by molar-refractivity contribution is -0.133. The Balaban J connectivity index is 1.42. The van der Waals surface area contributed by atoms with Crippen molar-refractivity contribution in [3.05, 3.63) is 24.2 Å². The SMILES string of the molecule is CC1(C)C[C@@H]2C[C@@](C)(CN2C(=O)CC[C@@]2(Cc3ccco3)CCC(=O)N2)C1. The molecule has 0 aromatic carbocycles. The number of nitrogens with zero attached hydrogens (tertiary/aromatic N) is 1. The average molecular weight is 373 g/mol. The van der Waals surface area contributed by atoms with Crippen molar-refractivity contribution in [1.29, 1.82) is 0 Å². The smallest absolute Gasteiger partial charge is 0.222 e. The monoisotopic (exact) mass is 372 g/mol. The minimum Gasteiger partial charge on any atom is -0.469 e. The fourth-order valence-electron chi connectivity index (χ4n) is 6.17. The van der Waals surface area contributed by atoms with Crippen LogP contribution in [0.5, 0.6) is 0 Å². The highest BCUT2D eigenvalue weighted by Crippen LogP contribution is 2.52. The van der Waals surface area contributed by atoms with Crippen LogP contribution in [0.1, 0.15) is 71.5 Å². The first-order valence-electron chi connectivity index (χ1n) is 10.3. The molecule has 2 aliphatic heterocycles. The molecule has 2 bridgehead atoms. The number of hydrogen-bond acceptors (Lipinski definition) is 3. The van der Waals surface area contributed by atoms with E-state index in [-0.39, 0.29) is 22.8 Å². The van der Waals surface area contributed by atoms with Crippen molar-refractivity contribution >= 4 is 11.8 Å². The van der Waals surface area contributed by atoms with Gasteiger partial charge in [0.1, 0.15) is 5.76 Å². The number of likely N-dealkylation sites (tertiary alicyclic amines) is 1. The summed E-state index contributed by atoms with van der Waals surface area (Å²) in [6.07, 6.45) is 8.24. The maximum absolute atomic E-state index is 13.1. The summed E-state index contributed by atoms with van der Waals surface area (Å²) in [6.45, 7) is 7.89. The fraction of sp³-hybridized carbons (Fsp3) is 0.727. The zero-order chi connectivity index (χ0) is 19.3. The van der Waals surface area contributed by atoms with Crippen LogP contribution in [0.3, 0.4) is 0 Å². The van der Waals surface area contributed by atoms with Gasteiger partial charge < -0.3 is 14.6 Å². The summed E-state index contributed by atoms with van der Waals surface area (Å²) in [5, 5.41) is 3.15. The topological polar surface area (TPSA) is 62.6 Å². The first-order valence-corrected chi connectivity index (χ1v) is 10.3. The van der Waals surface area contributed by atoms with Crippen LogP contribution in [0.4, 0.5) is 0 Å². The lowest BCUT2D eigenvalue weighted by atomic mass is 9.65. The van der Waals surface area contributed by atoms with Gasteiger partial charge in [-0.1, -0.05) is 20.8 Å². The van der Waals surface area contributed by atoms with E-state index >= 15 is 0 Å². The van der Waals surface area contributed by atoms with Crippen LogP contribution in [0.15, 0.2) is 22.8 Å². The highest BCUT2D eigenvalue weighted by atomic mass is 16.3. The normalized spacial score (nSPS) is 34.7. The number of carbonyl (C=O) groups excluding carboxylic acids is 2. The zero-order valence-electron chi connectivity index (χ0n) is 16.8. The molecule has 3 aliphatic rings. The standard InChI is InChI=1S/C22H32N2O3/c1-20(2)11-16-12-21(3,14-20)15-24(16)19(26)7-9-22(8-6-18(25)23-22)13-17-5-4-10-27-17/h4-5,10,16H,6-9,11-15H2,1-3H3,(H,23,25)/t16-,21-,22-/m1/s1. The van der Waals surface area contributed by atoms with Crippen molar-refractivity contribution in [2.75, 3.05) is 6.54 Å². The molecular formula is C22H32N2O3. The van der Waals surface area contributed by atoms with Gasteiger partial charge in [-0.15, -0.1) is 0 Å². The molecule has 3 fully saturated rings. The van der Waals surface area contributed by atoms with Gasteiger partial charge in [-0.05, 0) is 55.1 Å². The van der Waals surface area contributed by atoms with E-state index in [2.05, 4.69) is 31.0 Å². The van der Waals surface area contributed by atoms with Crippen molar-refractivity contribution in [2.45, 2.75) is 83.7 Å². The third kappa shape index (κ3) is 3.78. The average Bonchev–Trinajstić information content (AvgIpc) is 3.24. The molecule has 1 aromatic heterocycles. The second kappa shape index (κ2) is 6.39. The number of carbonyl (C=O) groups is 2. The Kier molecular flexibility index (Phi) is 4.39. The molecule has 2 amide bonds. The van der Waals surface area contributed by atoms with Gasteiger partial charge >= 0.3 is 0 Å². The van der Waals surface area contributed by atoms with Crippen molar-refractivity contribution in [3.8, 4) is 0 Å². The van der Waals surface area contributed by atoms with Crippen molar-refractivity contribution in [1.82, 2.24) is 10.2 Å². The van der Waals surface area contributed by atoms with E-state index in [0.29, 0.717) is 37.1 Å². The molecule has 3 atom stereocenters. The Morgan fingerprint density at radius 2 is 2.15 bits per heavy atom. The summed E-state index contributed by atoms with van der Waals surface area (Å²) in [6, 6.07) is 4.20. The van der Waals surface area contributed by atoms with Gasteiger partial charge in [0.15, 0.2) is 0 Å². The molecule has 5 heteroatoms. The first-order chi connectivity index (χ1) is 12.7. The Morgan fingerprint density at radius 1 is 1.33 bits per heavy atom. The number of hydrogen-bond donors (Lipinski definition) is 1. The lowest BCUT2D eigenvalue weighted by Gasteiger charge is -2.39. The summed E-state index contributed by atoms with van der Waals surface area (Å²) in [7, 11) is 0. The molecule has 0 radical (unpaired) electrons. The summed E-state index contributed by atoms with van der Waals surface area (Å²) in [5.74, 6) is 1.21. The van der Waals surface area contributed by atoms with E-state index in [1.165, 1.54) is 6.42 Å². The molecule has 27 heavy (non-hydrogen) atoms. The van der Waals surface area contributed by atoms with Gasteiger partial charge in [0.25, 0.3) is 0 Å². The van der Waals surface area contributed by atoms with Crippen molar-refractivity contribution in [2.24, 2.45) is 10.8 Å². The minimum absolute atomic E-state index is 0.0836. The van der Waals surface area contributed by atoms with Crippen molar-refractivity contribution in [3.63, 3.8) is 0 Å². The highest BCUT2D eigenvalue weighted by Gasteiger charge is 2.51. The molecule has 1 aliphatic carbocycles. The number of furan rings is 1. The molecule has 5 nitrogen and oxygen atoms in total. The van der Waals surface area contributed by atoms with E-state index < -0.39 is 0 Å². The van der Waals surface area contributed by atoms with E-state index in [1.807, 2.05) is 12.1 Å².